The number of hydrogen-bond donors (Lipinski definition) is 2. The average Bonchev–Trinajstić information content (AvgIpc) is 2.38. The summed E-state index contributed by atoms with van der Waals surface area (Å²) in [5.41, 5.74) is -0.613. The molecule has 0 aromatic carbocycles. The summed E-state index contributed by atoms with van der Waals surface area (Å²) in [4.78, 5) is 0. The molecule has 1 rings (SSSR count). The fourth-order valence-electron chi connectivity index (χ4n) is 2.45. The van der Waals surface area contributed by atoms with Crippen LogP contribution in [0.2, 0.25) is 0 Å². The highest BCUT2D eigenvalue weighted by molar-refractivity contribution is 4.79. The van der Waals surface area contributed by atoms with Crippen molar-refractivity contribution in [3.05, 3.63) is 0 Å². The van der Waals surface area contributed by atoms with E-state index in [9.17, 15) is 5.11 Å². The second-order valence-corrected chi connectivity index (χ2v) is 5.27. The molecule has 0 heterocycles. The van der Waals surface area contributed by atoms with Crippen molar-refractivity contribution in [2.75, 3.05) is 13.2 Å². The number of ether oxygens (including phenoxy) is 1. The largest absolute Gasteiger partial charge is 0.388 e. The minimum Gasteiger partial charge on any atom is -0.388 e. The van der Waals surface area contributed by atoms with Crippen molar-refractivity contribution in [3.63, 3.8) is 0 Å². The molecule has 0 aromatic rings. The molecule has 1 fully saturated rings. The molecule has 0 amide bonds. The zero-order valence-corrected chi connectivity index (χ0v) is 11.7. The molecule has 0 atom stereocenters. The Bertz CT molecular complexity index is 196. The summed E-state index contributed by atoms with van der Waals surface area (Å²) in [6.07, 6.45) is 6.56. The minimum absolute atomic E-state index is 0.356. The van der Waals surface area contributed by atoms with Crippen molar-refractivity contribution < 1.29 is 9.84 Å². The Morgan fingerprint density at radius 3 is 2.18 bits per heavy atom. The third-order valence-corrected chi connectivity index (χ3v) is 4.07. The lowest BCUT2D eigenvalue weighted by Crippen LogP contribution is -2.38. The summed E-state index contributed by atoms with van der Waals surface area (Å²) in [6, 6.07) is 0.677. The van der Waals surface area contributed by atoms with E-state index < -0.39 is 5.60 Å². The molecule has 0 aromatic heterocycles. The summed E-state index contributed by atoms with van der Waals surface area (Å²) in [7, 11) is 0. The monoisotopic (exact) mass is 243 g/mol. The molecule has 0 aliphatic heterocycles. The van der Waals surface area contributed by atoms with Gasteiger partial charge in [0.1, 0.15) is 0 Å². The summed E-state index contributed by atoms with van der Waals surface area (Å²) in [6.45, 7) is 7.76. The van der Waals surface area contributed by atoms with Crippen LogP contribution in [0.15, 0.2) is 0 Å². The number of nitrogens with one attached hydrogen (secondary N) is 1. The molecular formula is C14H29NO2. The predicted molar refractivity (Wildman–Crippen MR) is 71.2 cm³/mol. The Labute approximate surface area is 106 Å². The molecular weight excluding hydrogens is 214 g/mol. The van der Waals surface area contributed by atoms with Gasteiger partial charge in [-0.15, -0.1) is 0 Å². The van der Waals surface area contributed by atoms with Crippen LogP contribution in [0.25, 0.3) is 0 Å². The lowest BCUT2D eigenvalue weighted by atomic mass is 9.92. The van der Waals surface area contributed by atoms with Gasteiger partial charge in [0, 0.05) is 6.04 Å². The Hall–Kier alpha value is -0.120. The van der Waals surface area contributed by atoms with E-state index in [0.29, 0.717) is 18.8 Å². The first-order chi connectivity index (χ1) is 8.13. The van der Waals surface area contributed by atoms with Gasteiger partial charge in [-0.05, 0) is 45.1 Å². The molecule has 0 spiro atoms. The first-order valence-corrected chi connectivity index (χ1v) is 7.21. The van der Waals surface area contributed by atoms with Crippen LogP contribution in [0.1, 0.15) is 59.3 Å². The average molecular weight is 243 g/mol. The molecule has 1 aliphatic rings. The Morgan fingerprint density at radius 1 is 1.12 bits per heavy atom. The maximum Gasteiger partial charge on any atom is 0.0875 e. The van der Waals surface area contributed by atoms with E-state index >= 15 is 0 Å². The molecule has 1 saturated carbocycles. The summed E-state index contributed by atoms with van der Waals surface area (Å²) in [5.74, 6) is 0. The quantitative estimate of drug-likeness (QED) is 0.722. The van der Waals surface area contributed by atoms with Gasteiger partial charge in [0.2, 0.25) is 0 Å². The molecule has 0 bridgehead atoms. The van der Waals surface area contributed by atoms with Crippen molar-refractivity contribution in [1.29, 1.82) is 0 Å². The van der Waals surface area contributed by atoms with Gasteiger partial charge in [-0.3, -0.25) is 0 Å². The van der Waals surface area contributed by atoms with Gasteiger partial charge in [0.15, 0.2) is 0 Å². The summed E-state index contributed by atoms with van der Waals surface area (Å²) in [5, 5.41) is 13.7. The lowest BCUT2D eigenvalue weighted by molar-refractivity contribution is -0.0856. The highest BCUT2D eigenvalue weighted by atomic mass is 16.5. The standard InChI is InChI=1S/C14H29NO2/c1-4-14(16,5-2)11-17-13-9-7-12(8-10-13)15-6-3/h12-13,15-16H,4-11H2,1-3H3. The molecule has 17 heavy (non-hydrogen) atoms. The van der Waals surface area contributed by atoms with Crippen molar-refractivity contribution in [2.24, 2.45) is 0 Å². The number of aliphatic hydroxyl groups is 1. The zero-order valence-electron chi connectivity index (χ0n) is 11.7. The maximum absolute atomic E-state index is 10.2. The molecule has 0 radical (unpaired) electrons. The van der Waals surface area contributed by atoms with Crippen LogP contribution in [0.5, 0.6) is 0 Å². The van der Waals surface area contributed by atoms with Gasteiger partial charge in [0.05, 0.1) is 18.3 Å². The molecule has 3 nitrogen and oxygen atoms in total. The van der Waals surface area contributed by atoms with Crippen molar-refractivity contribution in [2.45, 2.75) is 77.0 Å². The first-order valence-electron chi connectivity index (χ1n) is 7.21. The van der Waals surface area contributed by atoms with Crippen LogP contribution in [0, 0.1) is 0 Å². The van der Waals surface area contributed by atoms with Gasteiger partial charge in [0.25, 0.3) is 0 Å². The topological polar surface area (TPSA) is 41.5 Å². The van der Waals surface area contributed by atoms with Gasteiger partial charge in [-0.1, -0.05) is 20.8 Å². The second-order valence-electron chi connectivity index (χ2n) is 5.27. The molecule has 0 saturated heterocycles. The van der Waals surface area contributed by atoms with E-state index in [0.717, 1.165) is 32.2 Å². The molecule has 102 valence electrons. The van der Waals surface area contributed by atoms with E-state index in [2.05, 4.69) is 12.2 Å². The highest BCUT2D eigenvalue weighted by Gasteiger charge is 2.26. The maximum atomic E-state index is 10.2. The van der Waals surface area contributed by atoms with Crippen LogP contribution in [-0.2, 0) is 4.74 Å². The molecule has 3 heteroatoms. The summed E-state index contributed by atoms with van der Waals surface area (Å²) < 4.78 is 5.88. The minimum atomic E-state index is -0.613. The Kier molecular flexibility index (Phi) is 6.45. The van der Waals surface area contributed by atoms with Crippen LogP contribution in [0.4, 0.5) is 0 Å². The molecule has 1 aliphatic carbocycles. The van der Waals surface area contributed by atoms with E-state index in [4.69, 9.17) is 4.74 Å². The van der Waals surface area contributed by atoms with E-state index in [-0.39, 0.29) is 0 Å². The Balaban J connectivity index is 2.22. The summed E-state index contributed by atoms with van der Waals surface area (Å²) >= 11 is 0. The smallest absolute Gasteiger partial charge is 0.0875 e. The third kappa shape index (κ3) is 4.94. The van der Waals surface area contributed by atoms with Gasteiger partial charge < -0.3 is 15.2 Å². The third-order valence-electron chi connectivity index (χ3n) is 4.07. The number of rotatable bonds is 7. The van der Waals surface area contributed by atoms with E-state index in [1.165, 1.54) is 12.8 Å². The number of hydrogen-bond acceptors (Lipinski definition) is 3. The molecule has 0 unspecified atom stereocenters. The predicted octanol–water partition coefficient (Wildman–Crippen LogP) is 2.47. The zero-order chi connectivity index (χ0) is 12.7. The molecule has 2 N–H and O–H groups in total. The van der Waals surface area contributed by atoms with Crippen LogP contribution >= 0.6 is 0 Å². The van der Waals surface area contributed by atoms with Gasteiger partial charge in [-0.25, -0.2) is 0 Å². The van der Waals surface area contributed by atoms with Gasteiger partial charge in [-0.2, -0.15) is 0 Å². The normalized spacial score (nSPS) is 26.1. The fraction of sp³-hybridized carbons (Fsp3) is 1.00. The second kappa shape index (κ2) is 7.34. The fourth-order valence-corrected chi connectivity index (χ4v) is 2.45. The van der Waals surface area contributed by atoms with Crippen molar-refractivity contribution >= 4 is 0 Å². The van der Waals surface area contributed by atoms with Crippen LogP contribution < -0.4 is 5.32 Å². The van der Waals surface area contributed by atoms with Crippen molar-refractivity contribution in [1.82, 2.24) is 5.32 Å². The van der Waals surface area contributed by atoms with Gasteiger partial charge >= 0.3 is 0 Å². The highest BCUT2D eigenvalue weighted by Crippen LogP contribution is 2.23. The first kappa shape index (κ1) is 14.9. The van der Waals surface area contributed by atoms with E-state index in [1.807, 2.05) is 13.8 Å². The van der Waals surface area contributed by atoms with Crippen LogP contribution in [-0.4, -0.2) is 36.0 Å². The SMILES string of the molecule is CCNC1CCC(OCC(O)(CC)CC)CC1. The van der Waals surface area contributed by atoms with E-state index in [1.54, 1.807) is 0 Å². The Morgan fingerprint density at radius 2 is 1.71 bits per heavy atom. The van der Waals surface area contributed by atoms with Crippen molar-refractivity contribution in [3.8, 4) is 0 Å². The van der Waals surface area contributed by atoms with Crippen LogP contribution in [0.3, 0.4) is 0 Å². The lowest BCUT2D eigenvalue weighted by Gasteiger charge is -2.32.